The van der Waals surface area contributed by atoms with Gasteiger partial charge in [-0.3, -0.25) is 4.79 Å². The molecule has 0 saturated carbocycles. The van der Waals surface area contributed by atoms with E-state index >= 15 is 0 Å². The molecule has 16 heavy (non-hydrogen) atoms. The van der Waals surface area contributed by atoms with Crippen LogP contribution in [0.4, 0.5) is 0 Å². The molecule has 1 aromatic carbocycles. The van der Waals surface area contributed by atoms with Gasteiger partial charge in [0.25, 0.3) is 0 Å². The van der Waals surface area contributed by atoms with Crippen LogP contribution in [0.2, 0.25) is 0 Å². The van der Waals surface area contributed by atoms with Crippen molar-refractivity contribution < 1.29 is 18.3 Å². The van der Waals surface area contributed by atoms with Crippen LogP contribution in [0.5, 0.6) is 0 Å². The molecule has 1 atom stereocenters. The van der Waals surface area contributed by atoms with E-state index in [-0.39, 0.29) is 5.75 Å². The first-order chi connectivity index (χ1) is 7.33. The van der Waals surface area contributed by atoms with Gasteiger partial charge in [0.2, 0.25) is 0 Å². The van der Waals surface area contributed by atoms with Crippen molar-refractivity contribution in [3.05, 3.63) is 34.3 Å². The Morgan fingerprint density at radius 1 is 1.50 bits per heavy atom. The maximum atomic E-state index is 11.7. The largest absolute Gasteiger partial charge is 0.480 e. The second-order valence-corrected chi connectivity index (χ2v) is 6.65. The normalized spacial score (nSPS) is 13.4. The van der Waals surface area contributed by atoms with Crippen molar-refractivity contribution in [3.8, 4) is 0 Å². The maximum absolute atomic E-state index is 11.7. The Morgan fingerprint density at radius 2 is 2.12 bits per heavy atom. The summed E-state index contributed by atoms with van der Waals surface area (Å²) in [6, 6.07) is 6.79. The molecular weight excluding hydrogens is 296 g/mol. The number of carboxylic acid groups (broad SMARTS) is 1. The van der Waals surface area contributed by atoms with Gasteiger partial charge in [-0.25, -0.2) is 8.42 Å². The molecule has 0 amide bonds. The van der Waals surface area contributed by atoms with Crippen molar-refractivity contribution >= 4 is 31.7 Å². The van der Waals surface area contributed by atoms with E-state index in [0.717, 1.165) is 4.47 Å². The Hall–Kier alpha value is -0.880. The number of benzene rings is 1. The average Bonchev–Trinajstić information content (AvgIpc) is 2.15. The van der Waals surface area contributed by atoms with Gasteiger partial charge < -0.3 is 5.11 Å². The summed E-state index contributed by atoms with van der Waals surface area (Å²) in [5.74, 6) is -1.59. The van der Waals surface area contributed by atoms with E-state index in [4.69, 9.17) is 5.11 Å². The number of carbonyl (C=O) groups is 1. The fourth-order valence-corrected chi connectivity index (χ4v) is 2.79. The van der Waals surface area contributed by atoms with Crippen LogP contribution in [-0.4, -0.2) is 24.7 Å². The van der Waals surface area contributed by atoms with E-state index in [9.17, 15) is 13.2 Å². The van der Waals surface area contributed by atoms with Gasteiger partial charge in [-0.05, 0) is 24.6 Å². The van der Waals surface area contributed by atoms with Crippen LogP contribution in [0.15, 0.2) is 28.7 Å². The number of aliphatic carboxylic acids is 1. The van der Waals surface area contributed by atoms with E-state index in [1.165, 1.54) is 6.92 Å². The topological polar surface area (TPSA) is 71.4 Å². The van der Waals surface area contributed by atoms with Crippen molar-refractivity contribution in [2.45, 2.75) is 17.9 Å². The lowest BCUT2D eigenvalue weighted by atomic mass is 10.2. The Bertz CT molecular complexity index is 495. The first-order valence-corrected chi connectivity index (χ1v) is 7.02. The monoisotopic (exact) mass is 306 g/mol. The summed E-state index contributed by atoms with van der Waals surface area (Å²) in [5.41, 5.74) is 0.572. The number of carboxylic acids is 1. The fourth-order valence-electron chi connectivity index (χ4n) is 1.14. The van der Waals surface area contributed by atoms with Crippen LogP contribution in [-0.2, 0) is 20.4 Å². The Labute approximate surface area is 102 Å². The number of rotatable bonds is 4. The predicted molar refractivity (Wildman–Crippen MR) is 63.9 cm³/mol. The fraction of sp³-hybridized carbons (Fsp3) is 0.300. The van der Waals surface area contributed by atoms with Crippen LogP contribution in [0.1, 0.15) is 12.5 Å². The summed E-state index contributed by atoms with van der Waals surface area (Å²) in [6.07, 6.45) is 0. The standard InChI is InChI=1S/C10H11BrO4S/c1-7(10(12)13)16(14,15)6-8-3-2-4-9(11)5-8/h2-5,7H,6H2,1H3,(H,12,13)/t7-/m1/s1. The first kappa shape index (κ1) is 13.2. The minimum absolute atomic E-state index is 0.264. The highest BCUT2D eigenvalue weighted by Gasteiger charge is 2.27. The molecular formula is C10H11BrO4S. The molecule has 1 rings (SSSR count). The molecule has 0 bridgehead atoms. The van der Waals surface area contributed by atoms with Crippen LogP contribution in [0, 0.1) is 0 Å². The van der Waals surface area contributed by atoms with Crippen molar-refractivity contribution in [1.82, 2.24) is 0 Å². The van der Waals surface area contributed by atoms with E-state index in [1.807, 2.05) is 0 Å². The highest BCUT2D eigenvalue weighted by atomic mass is 79.9. The van der Waals surface area contributed by atoms with E-state index < -0.39 is 21.1 Å². The van der Waals surface area contributed by atoms with Crippen LogP contribution < -0.4 is 0 Å². The summed E-state index contributed by atoms with van der Waals surface area (Å²) < 4.78 is 24.1. The Morgan fingerprint density at radius 3 is 2.62 bits per heavy atom. The summed E-state index contributed by atoms with van der Waals surface area (Å²) in [7, 11) is -3.65. The van der Waals surface area contributed by atoms with Crippen LogP contribution >= 0.6 is 15.9 Å². The number of hydrogen-bond donors (Lipinski definition) is 1. The summed E-state index contributed by atoms with van der Waals surface area (Å²) >= 11 is 3.22. The van der Waals surface area contributed by atoms with Crippen LogP contribution in [0.3, 0.4) is 0 Å². The molecule has 0 spiro atoms. The molecule has 1 N–H and O–H groups in total. The van der Waals surface area contributed by atoms with Crippen molar-refractivity contribution in [3.63, 3.8) is 0 Å². The quantitative estimate of drug-likeness (QED) is 0.921. The molecule has 0 radical (unpaired) electrons. The van der Waals surface area contributed by atoms with Crippen molar-refractivity contribution in [1.29, 1.82) is 0 Å². The SMILES string of the molecule is C[C@H](C(=O)O)S(=O)(=O)Cc1cccc(Br)c1. The third-order valence-corrected chi connectivity index (χ3v) is 4.65. The summed E-state index contributed by atoms with van der Waals surface area (Å²) in [5, 5.41) is 7.28. The van der Waals surface area contributed by atoms with Gasteiger partial charge >= 0.3 is 5.97 Å². The highest BCUT2D eigenvalue weighted by Crippen LogP contribution is 2.16. The van der Waals surface area contributed by atoms with Crippen molar-refractivity contribution in [2.75, 3.05) is 0 Å². The molecule has 0 fully saturated rings. The van der Waals surface area contributed by atoms with Gasteiger partial charge in [-0.15, -0.1) is 0 Å². The number of hydrogen-bond acceptors (Lipinski definition) is 3. The van der Waals surface area contributed by atoms with Gasteiger partial charge in [0.15, 0.2) is 15.1 Å². The molecule has 6 heteroatoms. The third kappa shape index (κ3) is 3.31. The zero-order chi connectivity index (χ0) is 12.3. The van der Waals surface area contributed by atoms with Gasteiger partial charge in [0.05, 0.1) is 5.75 Å². The summed E-state index contributed by atoms with van der Waals surface area (Å²) in [6.45, 7) is 1.18. The highest BCUT2D eigenvalue weighted by molar-refractivity contribution is 9.10. The number of sulfone groups is 1. The molecule has 0 unspecified atom stereocenters. The predicted octanol–water partition coefficient (Wildman–Crippen LogP) is 1.84. The molecule has 1 aromatic rings. The second kappa shape index (κ2) is 4.97. The maximum Gasteiger partial charge on any atom is 0.321 e. The molecule has 4 nitrogen and oxygen atoms in total. The van der Waals surface area contributed by atoms with E-state index in [2.05, 4.69) is 15.9 Å². The van der Waals surface area contributed by atoms with E-state index in [1.54, 1.807) is 24.3 Å². The minimum atomic E-state index is -3.65. The smallest absolute Gasteiger partial charge is 0.321 e. The van der Waals surface area contributed by atoms with Crippen LogP contribution in [0.25, 0.3) is 0 Å². The lowest BCUT2D eigenvalue weighted by Crippen LogP contribution is -2.28. The third-order valence-electron chi connectivity index (χ3n) is 2.14. The second-order valence-electron chi connectivity index (χ2n) is 3.42. The zero-order valence-corrected chi connectivity index (χ0v) is 11.0. The molecule has 0 aliphatic heterocycles. The Kier molecular flexibility index (Phi) is 4.09. The Balaban J connectivity index is 2.93. The van der Waals surface area contributed by atoms with Gasteiger partial charge in [-0.1, -0.05) is 28.1 Å². The average molecular weight is 307 g/mol. The zero-order valence-electron chi connectivity index (χ0n) is 8.55. The molecule has 0 aliphatic rings. The number of halogens is 1. The molecule has 0 aliphatic carbocycles. The summed E-state index contributed by atoms with van der Waals surface area (Å²) in [4.78, 5) is 10.6. The molecule has 0 heterocycles. The lowest BCUT2D eigenvalue weighted by Gasteiger charge is -2.08. The van der Waals surface area contributed by atoms with Gasteiger partial charge in [0.1, 0.15) is 0 Å². The van der Waals surface area contributed by atoms with Gasteiger partial charge in [0, 0.05) is 4.47 Å². The molecule has 0 saturated heterocycles. The molecule has 88 valence electrons. The first-order valence-electron chi connectivity index (χ1n) is 4.52. The van der Waals surface area contributed by atoms with E-state index in [0.29, 0.717) is 5.56 Å². The van der Waals surface area contributed by atoms with Crippen molar-refractivity contribution in [2.24, 2.45) is 0 Å². The van der Waals surface area contributed by atoms with Gasteiger partial charge in [-0.2, -0.15) is 0 Å². The molecule has 0 aromatic heterocycles. The minimum Gasteiger partial charge on any atom is -0.480 e. The lowest BCUT2D eigenvalue weighted by molar-refractivity contribution is -0.136.